The third-order valence-corrected chi connectivity index (χ3v) is 11.1. The highest BCUT2D eigenvalue weighted by molar-refractivity contribution is 5.86. The molecule has 0 amide bonds. The van der Waals surface area contributed by atoms with E-state index in [0.29, 0.717) is 23.5 Å². The number of carbonyl (C=O) groups is 1. The zero-order valence-electron chi connectivity index (χ0n) is 21.8. The van der Waals surface area contributed by atoms with Gasteiger partial charge in [0.2, 0.25) is 0 Å². The first-order chi connectivity index (χ1) is 14.8. The SMILES string of the molecule is CC(C)=CC[C@@H](O)[C@@H](C)[C@H]1CC[C@@]2(C)C3=CC[C@H]4C(C)(C)C(=O)CC[C@]4(C)C3=CC[C@]12C. The first-order valence-corrected chi connectivity index (χ1v) is 13.1. The van der Waals surface area contributed by atoms with Gasteiger partial charge in [-0.05, 0) is 97.5 Å². The molecule has 1 N–H and O–H groups in total. The maximum absolute atomic E-state index is 12.8. The van der Waals surface area contributed by atoms with Gasteiger partial charge in [0.1, 0.15) is 5.78 Å². The van der Waals surface area contributed by atoms with Gasteiger partial charge in [-0.15, -0.1) is 0 Å². The minimum absolute atomic E-state index is 0.110. The molecule has 4 aliphatic rings. The molecule has 0 unspecified atom stereocenters. The van der Waals surface area contributed by atoms with Gasteiger partial charge in [-0.3, -0.25) is 4.79 Å². The van der Waals surface area contributed by atoms with Crippen LogP contribution in [0.1, 0.15) is 100 Å². The summed E-state index contributed by atoms with van der Waals surface area (Å²) in [6.45, 7) is 18.4. The Hall–Kier alpha value is -1.15. The monoisotopic (exact) mass is 438 g/mol. The van der Waals surface area contributed by atoms with Crippen molar-refractivity contribution in [3.05, 3.63) is 34.9 Å². The lowest BCUT2D eigenvalue weighted by atomic mass is 9.44. The second-order valence-electron chi connectivity index (χ2n) is 13.1. The molecule has 2 saturated carbocycles. The van der Waals surface area contributed by atoms with Gasteiger partial charge < -0.3 is 5.11 Å². The first kappa shape index (κ1) is 24.0. The molecule has 0 spiro atoms. The van der Waals surface area contributed by atoms with Gasteiger partial charge in [0.25, 0.3) is 0 Å². The van der Waals surface area contributed by atoms with E-state index in [1.807, 2.05) is 0 Å². The normalized spacial score (nSPS) is 42.1. The Morgan fingerprint density at radius 2 is 1.81 bits per heavy atom. The largest absolute Gasteiger partial charge is 0.393 e. The van der Waals surface area contributed by atoms with Crippen LogP contribution >= 0.6 is 0 Å². The van der Waals surface area contributed by atoms with E-state index < -0.39 is 0 Å². The summed E-state index contributed by atoms with van der Waals surface area (Å²) in [5.41, 5.74) is 4.64. The fraction of sp³-hybridized carbons (Fsp3) is 0.767. The number of hydrogen-bond acceptors (Lipinski definition) is 2. The number of ketones is 1. The highest BCUT2D eigenvalue weighted by Crippen LogP contribution is 2.71. The second kappa shape index (κ2) is 7.69. The minimum atomic E-state index is -0.271. The van der Waals surface area contributed by atoms with Gasteiger partial charge in [-0.25, -0.2) is 0 Å². The lowest BCUT2D eigenvalue weighted by molar-refractivity contribution is -0.138. The molecule has 0 heterocycles. The number of rotatable bonds is 4. The summed E-state index contributed by atoms with van der Waals surface area (Å²) in [4.78, 5) is 12.8. The topological polar surface area (TPSA) is 37.3 Å². The third-order valence-electron chi connectivity index (χ3n) is 11.1. The third kappa shape index (κ3) is 3.18. The van der Waals surface area contributed by atoms with Crippen molar-refractivity contribution in [1.29, 1.82) is 0 Å². The van der Waals surface area contributed by atoms with Crippen molar-refractivity contribution in [1.82, 2.24) is 0 Å². The molecule has 0 aromatic heterocycles. The van der Waals surface area contributed by atoms with Crippen molar-refractivity contribution in [3.63, 3.8) is 0 Å². The number of aliphatic hydroxyl groups excluding tert-OH is 1. The highest BCUT2D eigenvalue weighted by Gasteiger charge is 2.63. The smallest absolute Gasteiger partial charge is 0.138 e. The number of carbonyl (C=O) groups excluding carboxylic acids is 1. The molecule has 4 rings (SSSR count). The molecule has 0 radical (unpaired) electrons. The zero-order valence-corrected chi connectivity index (χ0v) is 21.8. The van der Waals surface area contributed by atoms with Crippen LogP contribution in [-0.4, -0.2) is 17.0 Å². The summed E-state index contributed by atoms with van der Waals surface area (Å²) in [6, 6.07) is 0. The van der Waals surface area contributed by atoms with Crippen LogP contribution in [0.3, 0.4) is 0 Å². The summed E-state index contributed by atoms with van der Waals surface area (Å²) in [5.74, 6) is 1.68. The van der Waals surface area contributed by atoms with Gasteiger partial charge in [0.05, 0.1) is 6.10 Å². The zero-order chi connectivity index (χ0) is 23.7. The molecule has 4 aliphatic carbocycles. The average molecular weight is 439 g/mol. The van der Waals surface area contributed by atoms with Crippen LogP contribution in [0.25, 0.3) is 0 Å². The quantitative estimate of drug-likeness (QED) is 0.463. The predicted molar refractivity (Wildman–Crippen MR) is 133 cm³/mol. The molecule has 0 bridgehead atoms. The summed E-state index contributed by atoms with van der Waals surface area (Å²) < 4.78 is 0. The van der Waals surface area contributed by atoms with Crippen molar-refractivity contribution in [2.45, 2.75) is 106 Å². The summed E-state index contributed by atoms with van der Waals surface area (Å²) in [5, 5.41) is 11.0. The molecule has 178 valence electrons. The van der Waals surface area contributed by atoms with Crippen molar-refractivity contribution >= 4 is 5.78 Å². The van der Waals surface area contributed by atoms with Crippen molar-refractivity contribution in [2.75, 3.05) is 0 Å². The molecule has 7 atom stereocenters. The molecule has 2 heteroatoms. The maximum atomic E-state index is 12.8. The molecular weight excluding hydrogens is 392 g/mol. The van der Waals surface area contributed by atoms with Crippen molar-refractivity contribution in [2.24, 2.45) is 39.4 Å². The van der Waals surface area contributed by atoms with E-state index in [2.05, 4.69) is 73.6 Å². The Balaban J connectivity index is 1.68. The lowest BCUT2D eigenvalue weighted by Crippen LogP contribution is -2.53. The van der Waals surface area contributed by atoms with Gasteiger partial charge in [-0.2, -0.15) is 0 Å². The molecular formula is C30H46O2. The summed E-state index contributed by atoms with van der Waals surface area (Å²) in [7, 11) is 0. The Labute approximate surface area is 196 Å². The Morgan fingerprint density at radius 3 is 2.47 bits per heavy atom. The van der Waals surface area contributed by atoms with Crippen molar-refractivity contribution < 1.29 is 9.90 Å². The number of hydrogen-bond donors (Lipinski definition) is 1. The molecule has 0 aromatic carbocycles. The van der Waals surface area contributed by atoms with Gasteiger partial charge >= 0.3 is 0 Å². The minimum Gasteiger partial charge on any atom is -0.393 e. The molecule has 2 fully saturated rings. The lowest BCUT2D eigenvalue weighted by Gasteiger charge is -2.59. The van der Waals surface area contributed by atoms with Crippen LogP contribution in [0.4, 0.5) is 0 Å². The second-order valence-corrected chi connectivity index (χ2v) is 13.1. The van der Waals surface area contributed by atoms with E-state index >= 15 is 0 Å². The Kier molecular flexibility index (Phi) is 5.76. The highest BCUT2D eigenvalue weighted by atomic mass is 16.3. The molecule has 0 aliphatic heterocycles. The first-order valence-electron chi connectivity index (χ1n) is 13.1. The van der Waals surface area contributed by atoms with Crippen LogP contribution in [0.2, 0.25) is 0 Å². The molecule has 2 nitrogen and oxygen atoms in total. The summed E-state index contributed by atoms with van der Waals surface area (Å²) >= 11 is 0. The van der Waals surface area contributed by atoms with Crippen LogP contribution in [0, 0.1) is 39.4 Å². The predicted octanol–water partition coefficient (Wildman–Crippen LogP) is 7.43. The molecule has 32 heavy (non-hydrogen) atoms. The van der Waals surface area contributed by atoms with Crippen LogP contribution < -0.4 is 0 Å². The summed E-state index contributed by atoms with van der Waals surface area (Å²) in [6.07, 6.45) is 14.0. The fourth-order valence-corrected chi connectivity index (χ4v) is 8.53. The van der Waals surface area contributed by atoms with Crippen molar-refractivity contribution in [3.8, 4) is 0 Å². The van der Waals surface area contributed by atoms with E-state index in [1.165, 1.54) is 18.4 Å². The number of aliphatic hydroxyl groups is 1. The molecule has 0 saturated heterocycles. The van der Waals surface area contributed by atoms with E-state index in [4.69, 9.17) is 0 Å². The van der Waals surface area contributed by atoms with Gasteiger partial charge in [0.15, 0.2) is 0 Å². The fourth-order valence-electron chi connectivity index (χ4n) is 8.53. The standard InChI is InChI=1S/C30H46O2/c1-19(2)9-11-24(31)20(3)21-13-17-30(8)23-10-12-25-27(4,5)26(32)15-16-28(25,6)22(23)14-18-29(21,30)7/h9-10,14,20-21,24-25,31H,11-13,15-18H2,1-8H3/t20-,21+,24+,25-,28+,29+,30-/m0/s1. The Morgan fingerprint density at radius 1 is 1.12 bits per heavy atom. The van der Waals surface area contributed by atoms with Gasteiger partial charge in [0, 0.05) is 11.8 Å². The van der Waals surface area contributed by atoms with Crippen LogP contribution in [0.15, 0.2) is 34.9 Å². The average Bonchev–Trinajstić information content (AvgIpc) is 3.00. The number of fused-ring (bicyclic) bond motifs is 5. The van der Waals surface area contributed by atoms with Crippen LogP contribution in [-0.2, 0) is 4.79 Å². The van der Waals surface area contributed by atoms with E-state index in [1.54, 1.807) is 11.1 Å². The van der Waals surface area contributed by atoms with E-state index in [0.717, 1.165) is 32.1 Å². The van der Waals surface area contributed by atoms with E-state index in [9.17, 15) is 9.90 Å². The molecule has 0 aromatic rings. The number of allylic oxidation sites excluding steroid dienone is 5. The van der Waals surface area contributed by atoms with E-state index in [-0.39, 0.29) is 27.8 Å². The van der Waals surface area contributed by atoms with Crippen LogP contribution in [0.5, 0.6) is 0 Å². The van der Waals surface area contributed by atoms with Gasteiger partial charge in [-0.1, -0.05) is 65.3 Å². The maximum Gasteiger partial charge on any atom is 0.138 e. The Bertz CT molecular complexity index is 885. The number of Topliss-reactive ketones (excluding diaryl/α,β-unsaturated/α-hetero) is 1.